The predicted molar refractivity (Wildman–Crippen MR) is 68.5 cm³/mol. The number of ether oxygens (including phenoxy) is 1. The van der Waals surface area contributed by atoms with Crippen LogP contribution in [0.4, 0.5) is 8.78 Å². The van der Waals surface area contributed by atoms with E-state index in [2.05, 4.69) is 0 Å². The fourth-order valence-electron chi connectivity index (χ4n) is 3.27. The Balaban J connectivity index is 1.80. The number of halogens is 3. The molecule has 1 heterocycles. The fourth-order valence-corrected chi connectivity index (χ4v) is 3.51. The van der Waals surface area contributed by atoms with Gasteiger partial charge < -0.3 is 4.74 Å². The number of hydrogen-bond acceptors (Lipinski definition) is 2. The molecule has 1 atom stereocenters. The van der Waals surface area contributed by atoms with Crippen molar-refractivity contribution >= 4 is 11.6 Å². The highest BCUT2D eigenvalue weighted by Crippen LogP contribution is 2.43. The highest BCUT2D eigenvalue weighted by molar-refractivity contribution is 6.18. The molecule has 1 unspecified atom stereocenters. The van der Waals surface area contributed by atoms with Gasteiger partial charge in [-0.15, -0.1) is 11.6 Å². The summed E-state index contributed by atoms with van der Waals surface area (Å²) in [6.45, 7) is 0.914. The van der Waals surface area contributed by atoms with E-state index < -0.39 is 6.43 Å². The smallest absolute Gasteiger partial charge is 0.251 e. The van der Waals surface area contributed by atoms with E-state index in [-0.39, 0.29) is 18.2 Å². The molecule has 106 valence electrons. The van der Waals surface area contributed by atoms with Gasteiger partial charge in [0.1, 0.15) is 0 Å². The van der Waals surface area contributed by atoms with Crippen molar-refractivity contribution in [1.29, 1.82) is 0 Å². The average Bonchev–Trinajstić information content (AvgIpc) is 2.90. The Kier molecular flexibility index (Phi) is 5.22. The summed E-state index contributed by atoms with van der Waals surface area (Å²) in [7, 11) is 0. The molecule has 18 heavy (non-hydrogen) atoms. The van der Waals surface area contributed by atoms with Gasteiger partial charge in [0.25, 0.3) is 6.43 Å². The highest BCUT2D eigenvalue weighted by atomic mass is 35.5. The van der Waals surface area contributed by atoms with Crippen molar-refractivity contribution in [2.24, 2.45) is 0 Å². The first-order valence-electron chi connectivity index (χ1n) is 6.88. The van der Waals surface area contributed by atoms with E-state index in [1.54, 1.807) is 4.90 Å². The molecule has 1 aliphatic carbocycles. The normalized spacial score (nSPS) is 26.8. The molecule has 2 fully saturated rings. The lowest BCUT2D eigenvalue weighted by Gasteiger charge is -2.27. The number of nitrogens with zero attached hydrogens (tertiary/aromatic N) is 1. The molecule has 2 nitrogen and oxygen atoms in total. The lowest BCUT2D eigenvalue weighted by Crippen LogP contribution is -2.38. The second-order valence-electron chi connectivity index (χ2n) is 5.51. The van der Waals surface area contributed by atoms with Crippen LogP contribution in [0.5, 0.6) is 0 Å². The Morgan fingerprint density at radius 1 is 1.28 bits per heavy atom. The Hall–Kier alpha value is 0.0700. The lowest BCUT2D eigenvalue weighted by molar-refractivity contribution is -0.0508. The Bertz CT molecular complexity index is 259. The van der Waals surface area contributed by atoms with Crippen molar-refractivity contribution in [3.8, 4) is 0 Å². The minimum atomic E-state index is -2.30. The summed E-state index contributed by atoms with van der Waals surface area (Å²) < 4.78 is 31.0. The third kappa shape index (κ3) is 3.78. The molecular weight excluding hydrogens is 260 g/mol. The first-order valence-corrected chi connectivity index (χ1v) is 7.41. The molecule has 0 aromatic heterocycles. The summed E-state index contributed by atoms with van der Waals surface area (Å²) in [6.07, 6.45) is 4.70. The fraction of sp³-hybridized carbons (Fsp3) is 1.00. The number of hydrogen-bond donors (Lipinski definition) is 0. The molecule has 2 aliphatic rings. The van der Waals surface area contributed by atoms with Gasteiger partial charge in [-0.1, -0.05) is 12.8 Å². The van der Waals surface area contributed by atoms with Crippen LogP contribution in [-0.4, -0.2) is 48.5 Å². The highest BCUT2D eigenvalue weighted by Gasteiger charge is 2.42. The molecule has 1 saturated heterocycles. The van der Waals surface area contributed by atoms with Gasteiger partial charge in [-0.25, -0.2) is 8.78 Å². The van der Waals surface area contributed by atoms with Crippen molar-refractivity contribution < 1.29 is 13.5 Å². The maximum Gasteiger partial charge on any atom is 0.251 e. The second kappa shape index (κ2) is 6.49. The van der Waals surface area contributed by atoms with E-state index in [0.717, 1.165) is 25.7 Å². The van der Waals surface area contributed by atoms with Crippen LogP contribution in [0.25, 0.3) is 0 Å². The van der Waals surface area contributed by atoms with Crippen LogP contribution in [0.3, 0.4) is 0 Å². The van der Waals surface area contributed by atoms with Gasteiger partial charge in [-0.2, -0.15) is 0 Å². The SMILES string of the molecule is FC(F)CN(CCCl)CC1CCC2(CCCC2)O1. The first-order chi connectivity index (χ1) is 8.63. The van der Waals surface area contributed by atoms with Crippen molar-refractivity contribution in [2.45, 2.75) is 56.7 Å². The van der Waals surface area contributed by atoms with Crippen molar-refractivity contribution in [3.63, 3.8) is 0 Å². The van der Waals surface area contributed by atoms with Gasteiger partial charge in [0.05, 0.1) is 18.2 Å². The first kappa shape index (κ1) is 14.5. The molecule has 1 aliphatic heterocycles. The maximum atomic E-state index is 12.5. The topological polar surface area (TPSA) is 12.5 Å². The third-order valence-corrected chi connectivity index (χ3v) is 4.28. The van der Waals surface area contributed by atoms with Crippen molar-refractivity contribution in [2.75, 3.05) is 25.5 Å². The van der Waals surface area contributed by atoms with Crippen LogP contribution in [0.2, 0.25) is 0 Å². The molecule has 0 amide bonds. The van der Waals surface area contributed by atoms with Crippen LogP contribution < -0.4 is 0 Å². The van der Waals surface area contributed by atoms with Gasteiger partial charge in [0, 0.05) is 19.0 Å². The summed E-state index contributed by atoms with van der Waals surface area (Å²) in [5, 5.41) is 0. The van der Waals surface area contributed by atoms with Crippen LogP contribution in [0.15, 0.2) is 0 Å². The Labute approximate surface area is 113 Å². The zero-order chi connectivity index (χ0) is 13.0. The standard InChI is InChI=1S/C13H22ClF2NO/c14-7-8-17(10-12(15)16)9-11-3-6-13(18-11)4-1-2-5-13/h11-12H,1-10H2. The summed E-state index contributed by atoms with van der Waals surface area (Å²) in [4.78, 5) is 1.73. The predicted octanol–water partition coefficient (Wildman–Crippen LogP) is 3.28. The maximum absolute atomic E-state index is 12.5. The molecule has 0 radical (unpaired) electrons. The molecule has 0 aromatic rings. The van der Waals surface area contributed by atoms with E-state index in [9.17, 15) is 8.78 Å². The van der Waals surface area contributed by atoms with Crippen LogP contribution in [0.1, 0.15) is 38.5 Å². The zero-order valence-corrected chi connectivity index (χ0v) is 11.5. The summed E-state index contributed by atoms with van der Waals surface area (Å²) in [5.41, 5.74) is 0.0854. The second-order valence-corrected chi connectivity index (χ2v) is 5.89. The zero-order valence-electron chi connectivity index (χ0n) is 10.7. The molecule has 1 saturated carbocycles. The Morgan fingerprint density at radius 3 is 2.61 bits per heavy atom. The summed E-state index contributed by atoms with van der Waals surface area (Å²) in [5.74, 6) is 0.393. The van der Waals surface area contributed by atoms with Crippen molar-refractivity contribution in [3.05, 3.63) is 0 Å². The lowest BCUT2D eigenvalue weighted by atomic mass is 9.98. The van der Waals surface area contributed by atoms with E-state index in [4.69, 9.17) is 16.3 Å². The molecule has 5 heteroatoms. The number of rotatable bonds is 6. The van der Waals surface area contributed by atoms with Gasteiger partial charge in [0.15, 0.2) is 0 Å². The quantitative estimate of drug-likeness (QED) is 0.693. The van der Waals surface area contributed by atoms with Gasteiger partial charge in [-0.05, 0) is 25.7 Å². The van der Waals surface area contributed by atoms with Crippen LogP contribution >= 0.6 is 11.6 Å². The molecular formula is C13H22ClF2NO. The van der Waals surface area contributed by atoms with Gasteiger partial charge in [-0.3, -0.25) is 4.90 Å². The van der Waals surface area contributed by atoms with E-state index in [1.807, 2.05) is 0 Å². The van der Waals surface area contributed by atoms with Crippen molar-refractivity contribution in [1.82, 2.24) is 4.90 Å². The van der Waals surface area contributed by atoms with Gasteiger partial charge in [0.2, 0.25) is 0 Å². The molecule has 1 spiro atoms. The summed E-state index contributed by atoms with van der Waals surface area (Å²) in [6, 6.07) is 0. The molecule has 0 aromatic carbocycles. The number of alkyl halides is 3. The molecule has 0 bridgehead atoms. The largest absolute Gasteiger partial charge is 0.370 e. The molecule has 0 N–H and O–H groups in total. The van der Waals surface area contributed by atoms with E-state index in [0.29, 0.717) is 19.0 Å². The molecule has 2 rings (SSSR count). The minimum absolute atomic E-state index is 0.0854. The summed E-state index contributed by atoms with van der Waals surface area (Å²) >= 11 is 5.66. The third-order valence-electron chi connectivity index (χ3n) is 4.11. The van der Waals surface area contributed by atoms with Crippen LogP contribution in [0, 0.1) is 0 Å². The van der Waals surface area contributed by atoms with E-state index in [1.165, 1.54) is 12.8 Å². The minimum Gasteiger partial charge on any atom is -0.370 e. The van der Waals surface area contributed by atoms with Crippen LogP contribution in [-0.2, 0) is 4.74 Å². The monoisotopic (exact) mass is 281 g/mol. The average molecular weight is 282 g/mol. The van der Waals surface area contributed by atoms with E-state index >= 15 is 0 Å². The Morgan fingerprint density at radius 2 is 2.00 bits per heavy atom. The van der Waals surface area contributed by atoms with Gasteiger partial charge >= 0.3 is 0 Å².